The van der Waals surface area contributed by atoms with Crippen LogP contribution in [0.4, 0.5) is 13.2 Å². The van der Waals surface area contributed by atoms with Crippen LogP contribution in [0.3, 0.4) is 0 Å². The predicted molar refractivity (Wildman–Crippen MR) is 96.3 cm³/mol. The van der Waals surface area contributed by atoms with E-state index in [9.17, 15) is 18.3 Å². The van der Waals surface area contributed by atoms with E-state index in [2.05, 4.69) is 19.5 Å². The van der Waals surface area contributed by atoms with Crippen molar-refractivity contribution < 1.29 is 18.3 Å². The molecule has 1 atom stereocenters. The maximum absolute atomic E-state index is 12.5. The van der Waals surface area contributed by atoms with Gasteiger partial charge in [-0.25, -0.2) is 9.97 Å². The maximum Gasteiger partial charge on any atom is 0.389 e. The molecular weight excluding hydrogens is 357 g/mol. The predicted octanol–water partition coefficient (Wildman–Crippen LogP) is 5.04. The molecule has 0 aromatic carbocycles. The molecule has 1 aliphatic carbocycles. The highest BCUT2D eigenvalue weighted by Crippen LogP contribution is 2.40. The molecular formula is C19H23F3N4O. The quantitative estimate of drug-likeness (QED) is 0.666. The van der Waals surface area contributed by atoms with Crippen molar-refractivity contribution >= 4 is 22.1 Å². The van der Waals surface area contributed by atoms with Crippen LogP contribution in [0.15, 0.2) is 18.5 Å². The molecule has 27 heavy (non-hydrogen) atoms. The molecule has 5 nitrogen and oxygen atoms in total. The Morgan fingerprint density at radius 3 is 2.70 bits per heavy atom. The van der Waals surface area contributed by atoms with Gasteiger partial charge in [-0.3, -0.25) is 0 Å². The molecule has 0 bridgehead atoms. The van der Waals surface area contributed by atoms with Crippen LogP contribution in [-0.2, 0) is 0 Å². The van der Waals surface area contributed by atoms with Crippen LogP contribution in [0, 0.1) is 5.92 Å². The highest BCUT2D eigenvalue weighted by molar-refractivity contribution is 6.01. The van der Waals surface area contributed by atoms with Gasteiger partial charge in [-0.2, -0.15) is 13.2 Å². The van der Waals surface area contributed by atoms with Crippen molar-refractivity contribution in [3.8, 4) is 0 Å². The van der Waals surface area contributed by atoms with Gasteiger partial charge in [-0.05, 0) is 51.0 Å². The molecule has 146 valence electrons. The number of aliphatic hydroxyl groups is 1. The highest BCUT2D eigenvalue weighted by atomic mass is 19.4. The summed E-state index contributed by atoms with van der Waals surface area (Å²) in [7, 11) is 0. The Morgan fingerprint density at radius 1 is 1.30 bits per heavy atom. The van der Waals surface area contributed by atoms with Gasteiger partial charge in [0.05, 0.1) is 11.7 Å². The third kappa shape index (κ3) is 3.54. The largest absolute Gasteiger partial charge is 0.389 e. The number of nitrogens with one attached hydrogen (secondary N) is 1. The average molecular weight is 380 g/mol. The van der Waals surface area contributed by atoms with Crippen molar-refractivity contribution in [2.24, 2.45) is 5.92 Å². The molecule has 3 heterocycles. The zero-order valence-corrected chi connectivity index (χ0v) is 15.1. The number of halogens is 3. The smallest absolute Gasteiger partial charge is 0.385 e. The minimum Gasteiger partial charge on any atom is -0.385 e. The number of aliphatic hydroxyl groups excluding tert-OH is 1. The molecule has 1 fully saturated rings. The lowest BCUT2D eigenvalue weighted by Crippen LogP contribution is -2.22. The lowest BCUT2D eigenvalue weighted by Gasteiger charge is -2.31. The molecule has 0 radical (unpaired) electrons. The lowest BCUT2D eigenvalue weighted by atomic mass is 9.83. The number of rotatable bonds is 4. The van der Waals surface area contributed by atoms with Gasteiger partial charge in [0.25, 0.3) is 0 Å². The minimum atomic E-state index is -4.08. The molecule has 8 heteroatoms. The molecule has 3 aromatic heterocycles. The zero-order chi connectivity index (χ0) is 19.2. The molecule has 0 spiro atoms. The Bertz CT molecular complexity index is 936. The highest BCUT2D eigenvalue weighted by Gasteiger charge is 2.32. The first-order valence-corrected chi connectivity index (χ1v) is 9.42. The normalized spacial score (nSPS) is 22.6. The first kappa shape index (κ1) is 18.3. The van der Waals surface area contributed by atoms with E-state index in [1.807, 2.05) is 12.3 Å². The monoisotopic (exact) mass is 380 g/mol. The third-order valence-electron chi connectivity index (χ3n) is 5.65. The van der Waals surface area contributed by atoms with Crippen LogP contribution in [0.2, 0.25) is 0 Å². The van der Waals surface area contributed by atoms with Gasteiger partial charge in [-0.15, -0.1) is 0 Å². The zero-order valence-electron chi connectivity index (χ0n) is 15.1. The summed E-state index contributed by atoms with van der Waals surface area (Å²) in [5.41, 5.74) is 2.44. The number of aromatic amines is 1. The average Bonchev–Trinajstić information content (AvgIpc) is 3.23. The van der Waals surface area contributed by atoms with E-state index in [1.54, 1.807) is 13.1 Å². The van der Waals surface area contributed by atoms with Crippen LogP contribution in [0.25, 0.3) is 22.1 Å². The Balaban J connectivity index is 1.63. The fourth-order valence-electron chi connectivity index (χ4n) is 4.33. The van der Waals surface area contributed by atoms with E-state index in [1.165, 1.54) is 0 Å². The second-order valence-corrected chi connectivity index (χ2v) is 7.58. The van der Waals surface area contributed by atoms with E-state index >= 15 is 0 Å². The molecule has 4 rings (SSSR count). The van der Waals surface area contributed by atoms with Crippen LogP contribution in [0.1, 0.15) is 63.4 Å². The first-order chi connectivity index (χ1) is 12.8. The number of H-pyrrole nitrogens is 1. The number of aromatic nitrogens is 4. The molecule has 0 aliphatic heterocycles. The van der Waals surface area contributed by atoms with Gasteiger partial charge in [0.1, 0.15) is 23.1 Å². The number of pyridine rings is 1. The Morgan fingerprint density at radius 2 is 2.04 bits per heavy atom. The standard InChI is InChI=1S/C19H23F3N4O/c1-11(27)18-25-15-10-24-17-14(7-9-23-17)16(15)26(18)13-4-2-12(3-5-13)6-8-19(20,21)22/h7,9-13,27H,2-6,8H2,1H3,(H,23,24)/t11-,12?,13?/m1/s1. The van der Waals surface area contributed by atoms with E-state index in [0.717, 1.165) is 47.8 Å². The topological polar surface area (TPSA) is 66.7 Å². The second-order valence-electron chi connectivity index (χ2n) is 7.58. The van der Waals surface area contributed by atoms with Crippen LogP contribution >= 0.6 is 0 Å². The lowest BCUT2D eigenvalue weighted by molar-refractivity contribution is -0.138. The number of imidazole rings is 1. The number of hydrogen-bond acceptors (Lipinski definition) is 3. The SMILES string of the molecule is C[C@@H](O)c1nc2cnc3[nH]ccc3c2n1C1CCC(CCC(F)(F)F)CC1. The van der Waals surface area contributed by atoms with Crippen LogP contribution < -0.4 is 0 Å². The van der Waals surface area contributed by atoms with Crippen molar-refractivity contribution in [2.45, 2.75) is 63.8 Å². The van der Waals surface area contributed by atoms with Crippen molar-refractivity contribution in [1.82, 2.24) is 19.5 Å². The number of alkyl halides is 3. The molecule has 1 aliphatic rings. The van der Waals surface area contributed by atoms with E-state index in [-0.39, 0.29) is 18.4 Å². The Hall–Kier alpha value is -2.09. The fourth-order valence-corrected chi connectivity index (χ4v) is 4.33. The summed E-state index contributed by atoms with van der Waals surface area (Å²) >= 11 is 0. The van der Waals surface area contributed by atoms with Gasteiger partial charge < -0.3 is 14.7 Å². The van der Waals surface area contributed by atoms with Crippen LogP contribution in [0.5, 0.6) is 0 Å². The molecule has 2 N–H and O–H groups in total. The number of hydrogen-bond donors (Lipinski definition) is 2. The summed E-state index contributed by atoms with van der Waals surface area (Å²) in [4.78, 5) is 12.1. The Labute approximate surface area is 154 Å². The van der Waals surface area contributed by atoms with E-state index in [0.29, 0.717) is 5.82 Å². The van der Waals surface area contributed by atoms with Gasteiger partial charge in [0, 0.05) is 24.0 Å². The van der Waals surface area contributed by atoms with E-state index < -0.39 is 18.7 Å². The summed E-state index contributed by atoms with van der Waals surface area (Å²) in [6, 6.07) is 2.08. The second kappa shape index (κ2) is 6.82. The summed E-state index contributed by atoms with van der Waals surface area (Å²) < 4.78 is 39.6. The molecule has 0 unspecified atom stereocenters. The number of nitrogens with zero attached hydrogens (tertiary/aromatic N) is 3. The van der Waals surface area contributed by atoms with Gasteiger partial charge >= 0.3 is 6.18 Å². The fraction of sp³-hybridized carbons (Fsp3) is 0.579. The molecule has 0 saturated heterocycles. The number of fused-ring (bicyclic) bond motifs is 3. The minimum absolute atomic E-state index is 0.113. The molecule has 0 amide bonds. The maximum atomic E-state index is 12.5. The van der Waals surface area contributed by atoms with Gasteiger partial charge in [-0.1, -0.05) is 0 Å². The van der Waals surface area contributed by atoms with E-state index in [4.69, 9.17) is 0 Å². The summed E-state index contributed by atoms with van der Waals surface area (Å²) in [5, 5.41) is 11.2. The van der Waals surface area contributed by atoms with Crippen LogP contribution in [-0.4, -0.2) is 30.8 Å². The molecule has 3 aromatic rings. The van der Waals surface area contributed by atoms with Crippen molar-refractivity contribution in [2.75, 3.05) is 0 Å². The molecule has 1 saturated carbocycles. The first-order valence-electron chi connectivity index (χ1n) is 9.42. The van der Waals surface area contributed by atoms with Crippen molar-refractivity contribution in [3.05, 3.63) is 24.3 Å². The Kier molecular flexibility index (Phi) is 4.61. The summed E-state index contributed by atoms with van der Waals surface area (Å²) in [6.07, 6.45) is 1.33. The van der Waals surface area contributed by atoms with Gasteiger partial charge in [0.2, 0.25) is 0 Å². The summed E-state index contributed by atoms with van der Waals surface area (Å²) in [6.45, 7) is 1.69. The van der Waals surface area contributed by atoms with Crippen molar-refractivity contribution in [1.29, 1.82) is 0 Å². The van der Waals surface area contributed by atoms with Crippen molar-refractivity contribution in [3.63, 3.8) is 0 Å². The van der Waals surface area contributed by atoms with Gasteiger partial charge in [0.15, 0.2) is 0 Å². The summed E-state index contributed by atoms with van der Waals surface area (Å²) in [5.74, 6) is 0.709. The third-order valence-corrected chi connectivity index (χ3v) is 5.65.